The zero-order valence-electron chi connectivity index (χ0n) is 10.7. The van der Waals surface area contributed by atoms with E-state index in [-0.39, 0.29) is 11.8 Å². The van der Waals surface area contributed by atoms with Gasteiger partial charge in [0.05, 0.1) is 12.2 Å². The lowest BCUT2D eigenvalue weighted by Crippen LogP contribution is -2.42. The van der Waals surface area contributed by atoms with E-state index < -0.39 is 16.0 Å². The summed E-state index contributed by atoms with van der Waals surface area (Å²) >= 11 is 0. The summed E-state index contributed by atoms with van der Waals surface area (Å²) in [5.74, 6) is -0.298. The van der Waals surface area contributed by atoms with Gasteiger partial charge in [-0.2, -0.15) is 0 Å². The molecule has 3 atom stereocenters. The van der Waals surface area contributed by atoms with E-state index in [1.54, 1.807) is 0 Å². The molecule has 0 aromatic carbocycles. The molecule has 18 heavy (non-hydrogen) atoms. The number of hydrogen-bond donors (Lipinski definition) is 1. The van der Waals surface area contributed by atoms with Crippen molar-refractivity contribution < 1.29 is 18.3 Å². The Bertz CT molecular complexity index is 420. The molecular formula is C12H21NO4S. The Morgan fingerprint density at radius 1 is 1.33 bits per heavy atom. The highest BCUT2D eigenvalue weighted by atomic mass is 32.2. The average Bonchev–Trinajstić information content (AvgIpc) is 2.23. The van der Waals surface area contributed by atoms with Crippen LogP contribution in [0.2, 0.25) is 0 Å². The SMILES string of the molecule is CS(=O)(=O)N1CCCC(CC2CCC2C(=O)O)C1. The zero-order valence-corrected chi connectivity index (χ0v) is 11.5. The van der Waals surface area contributed by atoms with Crippen molar-refractivity contribution in [3.8, 4) is 0 Å². The van der Waals surface area contributed by atoms with Crippen LogP contribution in [0.3, 0.4) is 0 Å². The Balaban J connectivity index is 1.89. The van der Waals surface area contributed by atoms with E-state index in [2.05, 4.69) is 0 Å². The largest absolute Gasteiger partial charge is 0.481 e. The molecule has 0 amide bonds. The van der Waals surface area contributed by atoms with E-state index in [1.165, 1.54) is 10.6 Å². The molecule has 0 bridgehead atoms. The Kier molecular flexibility index (Phi) is 3.96. The van der Waals surface area contributed by atoms with Crippen LogP contribution in [0.1, 0.15) is 32.1 Å². The van der Waals surface area contributed by atoms with Crippen molar-refractivity contribution in [1.82, 2.24) is 4.31 Å². The molecule has 1 saturated heterocycles. The summed E-state index contributed by atoms with van der Waals surface area (Å²) in [6, 6.07) is 0. The van der Waals surface area contributed by atoms with E-state index in [4.69, 9.17) is 5.11 Å². The van der Waals surface area contributed by atoms with Gasteiger partial charge in [-0.15, -0.1) is 0 Å². The molecule has 0 aromatic rings. The molecule has 2 fully saturated rings. The molecular weight excluding hydrogens is 254 g/mol. The van der Waals surface area contributed by atoms with Crippen LogP contribution >= 0.6 is 0 Å². The maximum Gasteiger partial charge on any atom is 0.306 e. The number of aliphatic carboxylic acids is 1. The van der Waals surface area contributed by atoms with Gasteiger partial charge in [0.2, 0.25) is 10.0 Å². The summed E-state index contributed by atoms with van der Waals surface area (Å²) in [7, 11) is -3.10. The van der Waals surface area contributed by atoms with E-state index in [9.17, 15) is 13.2 Å². The van der Waals surface area contributed by atoms with Gasteiger partial charge < -0.3 is 5.11 Å². The summed E-state index contributed by atoms with van der Waals surface area (Å²) < 4.78 is 24.5. The first-order chi connectivity index (χ1) is 8.38. The third kappa shape index (κ3) is 3.03. The van der Waals surface area contributed by atoms with E-state index >= 15 is 0 Å². The number of hydrogen-bond acceptors (Lipinski definition) is 3. The molecule has 1 N–H and O–H groups in total. The van der Waals surface area contributed by atoms with Gasteiger partial charge in [-0.25, -0.2) is 12.7 Å². The number of carboxylic acid groups (broad SMARTS) is 1. The zero-order chi connectivity index (χ0) is 13.3. The van der Waals surface area contributed by atoms with E-state index in [0.717, 1.165) is 32.1 Å². The number of carboxylic acids is 1. The fourth-order valence-electron chi connectivity index (χ4n) is 3.12. The third-order valence-electron chi connectivity index (χ3n) is 4.32. The van der Waals surface area contributed by atoms with Crippen LogP contribution in [0.15, 0.2) is 0 Å². The van der Waals surface area contributed by atoms with Gasteiger partial charge in [-0.3, -0.25) is 4.79 Å². The molecule has 104 valence electrons. The van der Waals surface area contributed by atoms with Crippen LogP contribution in [0.4, 0.5) is 0 Å². The lowest BCUT2D eigenvalue weighted by Gasteiger charge is -2.38. The first-order valence-corrected chi connectivity index (χ1v) is 8.40. The molecule has 3 unspecified atom stereocenters. The highest BCUT2D eigenvalue weighted by molar-refractivity contribution is 7.88. The van der Waals surface area contributed by atoms with Gasteiger partial charge >= 0.3 is 5.97 Å². The predicted molar refractivity (Wildman–Crippen MR) is 67.6 cm³/mol. The van der Waals surface area contributed by atoms with Gasteiger partial charge in [-0.1, -0.05) is 0 Å². The molecule has 5 nitrogen and oxygen atoms in total. The molecule has 0 spiro atoms. The summed E-state index contributed by atoms with van der Waals surface area (Å²) in [6.45, 7) is 1.18. The Morgan fingerprint density at radius 2 is 2.06 bits per heavy atom. The summed E-state index contributed by atoms with van der Waals surface area (Å²) in [6.07, 6.45) is 5.79. The second-order valence-electron chi connectivity index (χ2n) is 5.65. The molecule has 2 aliphatic rings. The van der Waals surface area contributed by atoms with Crippen molar-refractivity contribution in [2.45, 2.75) is 32.1 Å². The standard InChI is InChI=1S/C12H21NO4S/c1-18(16,17)13-6-2-3-9(8-13)7-10-4-5-11(10)12(14)15/h9-11H,2-8H2,1H3,(H,14,15). The lowest BCUT2D eigenvalue weighted by atomic mass is 9.69. The topological polar surface area (TPSA) is 74.7 Å². The first kappa shape index (κ1) is 13.8. The maximum atomic E-state index is 11.5. The Hall–Kier alpha value is -0.620. The van der Waals surface area contributed by atoms with E-state index in [1.807, 2.05) is 0 Å². The molecule has 0 aromatic heterocycles. The molecule has 1 aliphatic heterocycles. The van der Waals surface area contributed by atoms with Gasteiger partial charge in [0.15, 0.2) is 0 Å². The van der Waals surface area contributed by atoms with Crippen molar-refractivity contribution >= 4 is 16.0 Å². The maximum absolute atomic E-state index is 11.5. The van der Waals surface area contributed by atoms with Crippen LogP contribution in [0, 0.1) is 17.8 Å². The minimum atomic E-state index is -3.10. The molecule has 1 heterocycles. The fraction of sp³-hybridized carbons (Fsp3) is 0.917. The number of nitrogens with zero attached hydrogens (tertiary/aromatic N) is 1. The molecule has 1 aliphatic carbocycles. The molecule has 2 rings (SSSR count). The van der Waals surface area contributed by atoms with Gasteiger partial charge in [-0.05, 0) is 43.9 Å². The highest BCUT2D eigenvalue weighted by Crippen LogP contribution is 2.40. The van der Waals surface area contributed by atoms with Crippen molar-refractivity contribution in [3.05, 3.63) is 0 Å². The highest BCUT2D eigenvalue weighted by Gasteiger charge is 2.38. The molecule has 6 heteroatoms. The third-order valence-corrected chi connectivity index (χ3v) is 5.59. The second-order valence-corrected chi connectivity index (χ2v) is 7.63. The van der Waals surface area contributed by atoms with E-state index in [0.29, 0.717) is 19.0 Å². The van der Waals surface area contributed by atoms with Crippen LogP contribution in [-0.4, -0.2) is 43.1 Å². The Morgan fingerprint density at radius 3 is 2.56 bits per heavy atom. The number of carbonyl (C=O) groups is 1. The predicted octanol–water partition coefficient (Wildman–Crippen LogP) is 1.16. The minimum Gasteiger partial charge on any atom is -0.481 e. The number of sulfonamides is 1. The fourth-order valence-corrected chi connectivity index (χ4v) is 4.07. The van der Waals surface area contributed by atoms with Crippen LogP contribution in [0.5, 0.6) is 0 Å². The quantitative estimate of drug-likeness (QED) is 0.835. The van der Waals surface area contributed by atoms with Crippen molar-refractivity contribution in [3.63, 3.8) is 0 Å². The summed E-state index contributed by atoms with van der Waals surface area (Å²) in [5, 5.41) is 9.01. The van der Waals surface area contributed by atoms with Crippen LogP contribution in [-0.2, 0) is 14.8 Å². The van der Waals surface area contributed by atoms with Gasteiger partial charge in [0, 0.05) is 13.1 Å². The van der Waals surface area contributed by atoms with Crippen molar-refractivity contribution in [1.29, 1.82) is 0 Å². The van der Waals surface area contributed by atoms with Crippen molar-refractivity contribution in [2.75, 3.05) is 19.3 Å². The van der Waals surface area contributed by atoms with Gasteiger partial charge in [0.25, 0.3) is 0 Å². The van der Waals surface area contributed by atoms with Gasteiger partial charge in [0.1, 0.15) is 0 Å². The average molecular weight is 275 g/mol. The van der Waals surface area contributed by atoms with Crippen molar-refractivity contribution in [2.24, 2.45) is 17.8 Å². The molecule has 1 saturated carbocycles. The summed E-state index contributed by atoms with van der Waals surface area (Å²) in [5.41, 5.74) is 0. The Labute approximate surface area is 108 Å². The monoisotopic (exact) mass is 275 g/mol. The lowest BCUT2D eigenvalue weighted by molar-refractivity contribution is -0.148. The smallest absolute Gasteiger partial charge is 0.306 e. The normalized spacial score (nSPS) is 33.9. The molecule has 0 radical (unpaired) electrons. The van der Waals surface area contributed by atoms with Crippen LogP contribution < -0.4 is 0 Å². The summed E-state index contributed by atoms with van der Waals surface area (Å²) in [4.78, 5) is 11.0. The minimum absolute atomic E-state index is 0.196. The first-order valence-electron chi connectivity index (χ1n) is 6.56. The van der Waals surface area contributed by atoms with Crippen LogP contribution in [0.25, 0.3) is 0 Å². The second kappa shape index (κ2) is 5.17. The number of piperidine rings is 1. The number of rotatable bonds is 4.